The van der Waals surface area contributed by atoms with Crippen LogP contribution in [0, 0.1) is 6.92 Å². The summed E-state index contributed by atoms with van der Waals surface area (Å²) in [6.07, 6.45) is 3.41. The molecule has 0 saturated heterocycles. The Balaban J connectivity index is 1.80. The maximum absolute atomic E-state index is 5.53. The van der Waals surface area contributed by atoms with Crippen LogP contribution in [0.4, 0.5) is 0 Å². The Morgan fingerprint density at radius 3 is 2.65 bits per heavy atom. The number of nitrogens with zero attached hydrogens (tertiary/aromatic N) is 1. The maximum Gasteiger partial charge on any atom is 0.208 e. The minimum atomic E-state index is -0.0154. The van der Waals surface area contributed by atoms with E-state index in [-0.39, 0.29) is 6.04 Å². The third-order valence-corrected chi connectivity index (χ3v) is 3.09. The van der Waals surface area contributed by atoms with Crippen LogP contribution < -0.4 is 5.32 Å². The summed E-state index contributed by atoms with van der Waals surface area (Å²) in [5.74, 6) is 2.37. The van der Waals surface area contributed by atoms with Crippen molar-refractivity contribution >= 4 is 0 Å². The number of benzene rings is 1. The van der Waals surface area contributed by atoms with Crippen molar-refractivity contribution in [3.8, 4) is 0 Å². The molecule has 0 aliphatic heterocycles. The van der Waals surface area contributed by atoms with E-state index in [0.717, 1.165) is 17.1 Å². The molecule has 1 aromatic carbocycles. The number of aromatic nitrogens is 1. The fourth-order valence-electron chi connectivity index (χ4n) is 2.16. The highest BCUT2D eigenvalue weighted by molar-refractivity contribution is 5.26. The van der Waals surface area contributed by atoms with Crippen LogP contribution in [-0.4, -0.2) is 4.98 Å². The summed E-state index contributed by atoms with van der Waals surface area (Å²) in [7, 11) is 0. The van der Waals surface area contributed by atoms with Crippen molar-refractivity contribution in [2.75, 3.05) is 0 Å². The Morgan fingerprint density at radius 1 is 1.15 bits per heavy atom. The largest absolute Gasteiger partial charge is 0.467 e. The molecule has 0 spiro atoms. The predicted octanol–water partition coefficient (Wildman–Crippen LogP) is 3.46. The molecule has 2 aromatic heterocycles. The molecule has 20 heavy (non-hydrogen) atoms. The minimum Gasteiger partial charge on any atom is -0.467 e. The standard InChI is InChI=1S/C16H16N2O2/c1-12-10-17-15(20-12)11-18-16(14-8-5-9-19-14)13-6-3-2-4-7-13/h2-10,16,18H,11H2,1H3. The van der Waals surface area contributed by atoms with Crippen molar-refractivity contribution in [1.82, 2.24) is 10.3 Å². The quantitative estimate of drug-likeness (QED) is 0.770. The summed E-state index contributed by atoms with van der Waals surface area (Å²) in [5, 5.41) is 3.42. The van der Waals surface area contributed by atoms with Crippen LogP contribution in [0.2, 0.25) is 0 Å². The maximum atomic E-state index is 5.53. The first kappa shape index (κ1) is 12.7. The van der Waals surface area contributed by atoms with E-state index in [9.17, 15) is 0 Å². The van der Waals surface area contributed by atoms with Crippen molar-refractivity contribution in [3.05, 3.63) is 77.9 Å². The second-order valence-electron chi connectivity index (χ2n) is 4.60. The van der Waals surface area contributed by atoms with Crippen molar-refractivity contribution in [1.29, 1.82) is 0 Å². The molecule has 1 atom stereocenters. The van der Waals surface area contributed by atoms with Crippen LogP contribution in [0.5, 0.6) is 0 Å². The third-order valence-electron chi connectivity index (χ3n) is 3.09. The van der Waals surface area contributed by atoms with Gasteiger partial charge < -0.3 is 8.83 Å². The molecule has 4 heteroatoms. The molecule has 4 nitrogen and oxygen atoms in total. The summed E-state index contributed by atoms with van der Waals surface area (Å²) >= 11 is 0. The molecule has 0 amide bonds. The van der Waals surface area contributed by atoms with Crippen molar-refractivity contribution in [2.24, 2.45) is 0 Å². The number of oxazole rings is 1. The van der Waals surface area contributed by atoms with Crippen LogP contribution in [0.25, 0.3) is 0 Å². The minimum absolute atomic E-state index is 0.0154. The Bertz CT molecular complexity index is 644. The van der Waals surface area contributed by atoms with E-state index < -0.39 is 0 Å². The van der Waals surface area contributed by atoms with Gasteiger partial charge in [0.2, 0.25) is 5.89 Å². The molecular weight excluding hydrogens is 252 g/mol. The van der Waals surface area contributed by atoms with E-state index in [1.807, 2.05) is 37.3 Å². The van der Waals surface area contributed by atoms with Gasteiger partial charge in [0.05, 0.1) is 25.0 Å². The fourth-order valence-corrected chi connectivity index (χ4v) is 2.16. The molecule has 3 rings (SSSR count). The van der Waals surface area contributed by atoms with Crippen LogP contribution in [0.1, 0.15) is 29.0 Å². The second kappa shape index (κ2) is 5.75. The van der Waals surface area contributed by atoms with Crippen molar-refractivity contribution in [2.45, 2.75) is 19.5 Å². The first-order valence-corrected chi connectivity index (χ1v) is 6.56. The molecule has 0 aliphatic carbocycles. The highest BCUT2D eigenvalue weighted by Gasteiger charge is 2.16. The third kappa shape index (κ3) is 2.81. The zero-order chi connectivity index (χ0) is 13.8. The lowest BCUT2D eigenvalue weighted by Crippen LogP contribution is -2.21. The SMILES string of the molecule is Cc1cnc(CNC(c2ccccc2)c2ccco2)o1. The monoisotopic (exact) mass is 268 g/mol. The van der Waals surface area contributed by atoms with Crippen LogP contribution in [0.15, 0.2) is 63.8 Å². The Hall–Kier alpha value is -2.33. The Morgan fingerprint density at radius 2 is 2.00 bits per heavy atom. The van der Waals surface area contributed by atoms with Crippen LogP contribution >= 0.6 is 0 Å². The fraction of sp³-hybridized carbons (Fsp3) is 0.188. The summed E-state index contributed by atoms with van der Waals surface area (Å²) in [5.41, 5.74) is 1.14. The van der Waals surface area contributed by atoms with Crippen LogP contribution in [0.3, 0.4) is 0 Å². The van der Waals surface area contributed by atoms with Crippen molar-refractivity contribution < 1.29 is 8.83 Å². The topological polar surface area (TPSA) is 51.2 Å². The zero-order valence-electron chi connectivity index (χ0n) is 11.2. The first-order chi connectivity index (χ1) is 9.83. The van der Waals surface area contributed by atoms with Gasteiger partial charge in [-0.2, -0.15) is 0 Å². The highest BCUT2D eigenvalue weighted by Crippen LogP contribution is 2.22. The molecule has 0 saturated carbocycles. The molecule has 3 aromatic rings. The Kier molecular flexibility index (Phi) is 3.65. The van der Waals surface area contributed by atoms with Crippen molar-refractivity contribution in [3.63, 3.8) is 0 Å². The average Bonchev–Trinajstić information content (AvgIpc) is 3.12. The average molecular weight is 268 g/mol. The predicted molar refractivity (Wildman–Crippen MR) is 75.1 cm³/mol. The lowest BCUT2D eigenvalue weighted by Gasteiger charge is -2.16. The lowest BCUT2D eigenvalue weighted by atomic mass is 10.0. The molecule has 1 unspecified atom stereocenters. The van der Waals surface area contributed by atoms with Gasteiger partial charge in [-0.25, -0.2) is 4.98 Å². The number of hydrogen-bond donors (Lipinski definition) is 1. The van der Waals surface area contributed by atoms with Crippen LogP contribution in [-0.2, 0) is 6.54 Å². The molecule has 0 aliphatic rings. The van der Waals surface area contributed by atoms with Gasteiger partial charge in [-0.3, -0.25) is 5.32 Å². The van der Waals surface area contributed by atoms with E-state index in [0.29, 0.717) is 12.4 Å². The number of nitrogens with one attached hydrogen (secondary N) is 1. The number of rotatable bonds is 5. The number of aryl methyl sites for hydroxylation is 1. The first-order valence-electron chi connectivity index (χ1n) is 6.56. The smallest absolute Gasteiger partial charge is 0.208 e. The number of furan rings is 1. The van der Waals surface area contributed by atoms with Gasteiger partial charge >= 0.3 is 0 Å². The van der Waals surface area contributed by atoms with E-state index >= 15 is 0 Å². The van der Waals surface area contributed by atoms with E-state index in [1.165, 1.54) is 0 Å². The molecule has 102 valence electrons. The van der Waals surface area contributed by atoms with Gasteiger partial charge in [0.25, 0.3) is 0 Å². The molecule has 1 N–H and O–H groups in total. The summed E-state index contributed by atoms with van der Waals surface area (Å²) in [6.45, 7) is 2.44. The normalized spacial score (nSPS) is 12.4. The van der Waals surface area contributed by atoms with Gasteiger partial charge in [-0.15, -0.1) is 0 Å². The lowest BCUT2D eigenvalue weighted by molar-refractivity contribution is 0.406. The van der Waals surface area contributed by atoms with Gasteiger partial charge in [-0.05, 0) is 24.6 Å². The summed E-state index contributed by atoms with van der Waals surface area (Å²) < 4.78 is 11.0. The molecule has 0 bridgehead atoms. The molecule has 0 fully saturated rings. The molecule has 2 heterocycles. The van der Waals surface area contributed by atoms with Gasteiger partial charge in [0.15, 0.2) is 0 Å². The second-order valence-corrected chi connectivity index (χ2v) is 4.60. The van der Waals surface area contributed by atoms with Gasteiger partial charge in [0.1, 0.15) is 11.5 Å². The Labute approximate surface area is 117 Å². The van der Waals surface area contributed by atoms with E-state index in [1.54, 1.807) is 12.5 Å². The molecular formula is C16H16N2O2. The zero-order valence-corrected chi connectivity index (χ0v) is 11.2. The number of hydrogen-bond acceptors (Lipinski definition) is 4. The highest BCUT2D eigenvalue weighted by atomic mass is 16.4. The van der Waals surface area contributed by atoms with Gasteiger partial charge in [-0.1, -0.05) is 30.3 Å². The molecule has 0 radical (unpaired) electrons. The summed E-state index contributed by atoms with van der Waals surface area (Å²) in [4.78, 5) is 4.20. The summed E-state index contributed by atoms with van der Waals surface area (Å²) in [6, 6.07) is 14.0. The van der Waals surface area contributed by atoms with E-state index in [4.69, 9.17) is 8.83 Å². The van der Waals surface area contributed by atoms with Gasteiger partial charge in [0, 0.05) is 0 Å². The van der Waals surface area contributed by atoms with E-state index in [2.05, 4.69) is 22.4 Å².